The molecule has 0 spiro atoms. The Hall–Kier alpha value is -0.830. The van der Waals surface area contributed by atoms with E-state index in [2.05, 4.69) is 48.3 Å². The van der Waals surface area contributed by atoms with Crippen LogP contribution in [0.3, 0.4) is 0 Å². The molecule has 1 fully saturated rings. The molecule has 1 aromatic heterocycles. The lowest BCUT2D eigenvalue weighted by Gasteiger charge is -2.30. The molecule has 0 radical (unpaired) electrons. The highest BCUT2D eigenvalue weighted by Gasteiger charge is 2.15. The smallest absolute Gasteiger partial charge is 0.191 e. The van der Waals surface area contributed by atoms with Crippen LogP contribution in [-0.4, -0.2) is 53.4 Å². The number of aliphatic imine (C=N–C) groups is 1. The summed E-state index contributed by atoms with van der Waals surface area (Å²) in [6.45, 7) is 15.0. The van der Waals surface area contributed by atoms with Gasteiger partial charge >= 0.3 is 0 Å². The van der Waals surface area contributed by atoms with E-state index in [9.17, 15) is 0 Å². The molecule has 1 saturated heterocycles. The van der Waals surface area contributed by atoms with Gasteiger partial charge in [0.1, 0.15) is 0 Å². The van der Waals surface area contributed by atoms with Crippen LogP contribution in [0.5, 0.6) is 0 Å². The summed E-state index contributed by atoms with van der Waals surface area (Å²) >= 11 is 0. The van der Waals surface area contributed by atoms with E-state index >= 15 is 0 Å². The number of hydrogen-bond donors (Lipinski definition) is 2. The summed E-state index contributed by atoms with van der Waals surface area (Å²) in [7, 11) is 1.99. The fourth-order valence-corrected chi connectivity index (χ4v) is 3.70. The number of guanidine groups is 1. The zero-order valence-corrected chi connectivity index (χ0v) is 20.2. The van der Waals surface area contributed by atoms with Crippen LogP contribution >= 0.6 is 24.0 Å². The number of piperidine rings is 1. The lowest BCUT2D eigenvalue weighted by atomic mass is 10.0. The molecule has 156 valence electrons. The van der Waals surface area contributed by atoms with Gasteiger partial charge in [0.15, 0.2) is 5.96 Å². The predicted molar refractivity (Wildman–Crippen MR) is 125 cm³/mol. The Morgan fingerprint density at radius 3 is 2.67 bits per heavy atom. The Balaban J connectivity index is 0.00000364. The highest BCUT2D eigenvalue weighted by Crippen LogP contribution is 2.15. The summed E-state index contributed by atoms with van der Waals surface area (Å²) < 4.78 is 1.93. The van der Waals surface area contributed by atoms with Gasteiger partial charge in [0.25, 0.3) is 0 Å². The number of aromatic nitrogens is 2. The number of aryl methyl sites for hydroxylation is 2. The van der Waals surface area contributed by atoms with Crippen molar-refractivity contribution in [2.24, 2.45) is 18.0 Å². The summed E-state index contributed by atoms with van der Waals surface area (Å²) in [4.78, 5) is 7.37. The van der Waals surface area contributed by atoms with Crippen molar-refractivity contribution >= 4 is 29.9 Å². The van der Waals surface area contributed by atoms with Gasteiger partial charge in [-0.1, -0.05) is 6.92 Å². The third kappa shape index (κ3) is 7.97. The number of nitrogens with zero attached hydrogens (tertiary/aromatic N) is 4. The van der Waals surface area contributed by atoms with Gasteiger partial charge in [-0.25, -0.2) is 4.99 Å². The van der Waals surface area contributed by atoms with Crippen molar-refractivity contribution < 1.29 is 0 Å². The Morgan fingerprint density at radius 2 is 2.04 bits per heavy atom. The van der Waals surface area contributed by atoms with Crippen LogP contribution in [0.15, 0.2) is 4.99 Å². The summed E-state index contributed by atoms with van der Waals surface area (Å²) in [6, 6.07) is 0. The first-order valence-corrected chi connectivity index (χ1v) is 10.2. The molecule has 0 amide bonds. The first-order valence-electron chi connectivity index (χ1n) is 10.2. The van der Waals surface area contributed by atoms with Gasteiger partial charge in [0.05, 0.1) is 12.2 Å². The van der Waals surface area contributed by atoms with Crippen molar-refractivity contribution in [3.8, 4) is 0 Å². The molecule has 1 aromatic rings. The molecule has 0 bridgehead atoms. The number of hydrogen-bond acceptors (Lipinski definition) is 3. The van der Waals surface area contributed by atoms with Gasteiger partial charge in [-0.15, -0.1) is 24.0 Å². The molecule has 0 aromatic carbocycles. The van der Waals surface area contributed by atoms with E-state index in [4.69, 9.17) is 4.99 Å². The van der Waals surface area contributed by atoms with E-state index in [1.54, 1.807) is 0 Å². The zero-order valence-electron chi connectivity index (χ0n) is 17.8. The SMILES string of the molecule is CCNC(=NCc1c(C)nn(C)c1C)NCCCCN1CCCC(C)C1.I. The van der Waals surface area contributed by atoms with Gasteiger partial charge < -0.3 is 15.5 Å². The van der Waals surface area contributed by atoms with Crippen LogP contribution in [0.25, 0.3) is 0 Å². The van der Waals surface area contributed by atoms with Crippen LogP contribution in [0.1, 0.15) is 56.5 Å². The Morgan fingerprint density at radius 1 is 1.26 bits per heavy atom. The molecule has 1 aliphatic rings. The monoisotopic (exact) mass is 490 g/mol. The van der Waals surface area contributed by atoms with Crippen LogP contribution in [0, 0.1) is 19.8 Å². The zero-order chi connectivity index (χ0) is 18.9. The number of rotatable bonds is 8. The largest absolute Gasteiger partial charge is 0.357 e. The van der Waals surface area contributed by atoms with Crippen LogP contribution in [0.2, 0.25) is 0 Å². The number of unbranched alkanes of at least 4 members (excludes halogenated alkanes) is 1. The maximum Gasteiger partial charge on any atom is 0.191 e. The molecule has 1 atom stereocenters. The summed E-state index contributed by atoms with van der Waals surface area (Å²) in [5.41, 5.74) is 3.49. The minimum atomic E-state index is 0. The molecular formula is C20H39IN6. The van der Waals surface area contributed by atoms with Crippen molar-refractivity contribution in [2.45, 2.75) is 59.9 Å². The van der Waals surface area contributed by atoms with Crippen molar-refractivity contribution in [1.29, 1.82) is 0 Å². The lowest BCUT2D eigenvalue weighted by Crippen LogP contribution is -2.38. The van der Waals surface area contributed by atoms with Crippen LogP contribution < -0.4 is 10.6 Å². The van der Waals surface area contributed by atoms with E-state index in [0.29, 0.717) is 6.54 Å². The molecular weight excluding hydrogens is 451 g/mol. The molecule has 0 saturated carbocycles. The highest BCUT2D eigenvalue weighted by molar-refractivity contribution is 14.0. The molecule has 1 aliphatic heterocycles. The van der Waals surface area contributed by atoms with Gasteiger partial charge in [-0.3, -0.25) is 4.68 Å². The first-order chi connectivity index (χ1) is 12.5. The minimum Gasteiger partial charge on any atom is -0.357 e. The van der Waals surface area contributed by atoms with Crippen molar-refractivity contribution in [2.75, 3.05) is 32.7 Å². The number of likely N-dealkylation sites (tertiary alicyclic amines) is 1. The molecule has 27 heavy (non-hydrogen) atoms. The third-order valence-electron chi connectivity index (χ3n) is 5.33. The van der Waals surface area contributed by atoms with E-state index < -0.39 is 0 Å². The van der Waals surface area contributed by atoms with Gasteiger partial charge in [-0.05, 0) is 65.5 Å². The predicted octanol–water partition coefficient (Wildman–Crippen LogP) is 3.22. The molecule has 2 heterocycles. The van der Waals surface area contributed by atoms with Crippen LogP contribution in [0.4, 0.5) is 0 Å². The molecule has 6 nitrogen and oxygen atoms in total. The second-order valence-electron chi connectivity index (χ2n) is 7.65. The summed E-state index contributed by atoms with van der Waals surface area (Å²) in [6.07, 6.45) is 5.19. The third-order valence-corrected chi connectivity index (χ3v) is 5.33. The first kappa shape index (κ1) is 24.2. The normalized spacial score (nSPS) is 18.3. The average Bonchev–Trinajstić information content (AvgIpc) is 2.84. The molecule has 2 rings (SSSR count). The Bertz CT molecular complexity index is 583. The number of nitrogens with one attached hydrogen (secondary N) is 2. The Kier molecular flexibility index (Phi) is 11.3. The minimum absolute atomic E-state index is 0. The maximum absolute atomic E-state index is 4.75. The van der Waals surface area contributed by atoms with Crippen molar-refractivity contribution in [3.05, 3.63) is 17.0 Å². The fraction of sp³-hybridized carbons (Fsp3) is 0.800. The second kappa shape index (κ2) is 12.6. The standard InChI is InChI=1S/C20H38N6.HI/c1-6-21-20(23-14-19-17(3)24-25(5)18(19)4)22-11-7-8-12-26-13-9-10-16(2)15-26;/h16H,6-15H2,1-5H3,(H2,21,22,23);1H. The molecule has 0 aliphatic carbocycles. The van der Waals surface area contributed by atoms with Gasteiger partial charge in [-0.2, -0.15) is 5.10 Å². The average molecular weight is 490 g/mol. The quantitative estimate of drug-likeness (QED) is 0.254. The summed E-state index contributed by atoms with van der Waals surface area (Å²) in [5, 5.41) is 11.3. The van der Waals surface area contributed by atoms with E-state index in [-0.39, 0.29) is 24.0 Å². The molecule has 2 N–H and O–H groups in total. The fourth-order valence-electron chi connectivity index (χ4n) is 3.70. The summed E-state index contributed by atoms with van der Waals surface area (Å²) in [5.74, 6) is 1.77. The van der Waals surface area contributed by atoms with Gasteiger partial charge in [0.2, 0.25) is 0 Å². The van der Waals surface area contributed by atoms with E-state index in [0.717, 1.165) is 30.7 Å². The van der Waals surface area contributed by atoms with E-state index in [1.807, 2.05) is 11.7 Å². The molecule has 1 unspecified atom stereocenters. The van der Waals surface area contributed by atoms with Crippen molar-refractivity contribution in [1.82, 2.24) is 25.3 Å². The topological polar surface area (TPSA) is 57.5 Å². The lowest BCUT2D eigenvalue weighted by molar-refractivity contribution is 0.181. The highest BCUT2D eigenvalue weighted by atomic mass is 127. The van der Waals surface area contributed by atoms with Gasteiger partial charge in [0, 0.05) is 37.9 Å². The van der Waals surface area contributed by atoms with Crippen LogP contribution in [-0.2, 0) is 13.6 Å². The molecule has 7 heteroatoms. The Labute approximate surface area is 182 Å². The maximum atomic E-state index is 4.75. The number of halogens is 1. The van der Waals surface area contributed by atoms with E-state index in [1.165, 1.54) is 56.6 Å². The van der Waals surface area contributed by atoms with Crippen molar-refractivity contribution in [3.63, 3.8) is 0 Å². The second-order valence-corrected chi connectivity index (χ2v) is 7.65.